The van der Waals surface area contributed by atoms with Crippen molar-refractivity contribution in [1.29, 1.82) is 0 Å². The molecule has 1 N–H and O–H groups in total. The molecule has 88 valence electrons. The van der Waals surface area contributed by atoms with E-state index in [4.69, 9.17) is 0 Å². The number of thioether (sulfide) groups is 1. The Bertz CT molecular complexity index is 380. The van der Waals surface area contributed by atoms with E-state index in [9.17, 15) is 0 Å². The summed E-state index contributed by atoms with van der Waals surface area (Å²) >= 11 is 1.73. The molecule has 2 aromatic rings. The predicted octanol–water partition coefficient (Wildman–Crippen LogP) is 1.75. The van der Waals surface area contributed by atoms with Crippen molar-refractivity contribution in [2.45, 2.75) is 11.6 Å². The number of hydrogen-bond donors (Lipinski definition) is 1. The third-order valence-corrected chi connectivity index (χ3v) is 3.08. The van der Waals surface area contributed by atoms with Crippen molar-refractivity contribution in [3.63, 3.8) is 0 Å². The van der Waals surface area contributed by atoms with Crippen molar-refractivity contribution in [2.24, 2.45) is 0 Å². The molecule has 2 aromatic heterocycles. The van der Waals surface area contributed by atoms with Gasteiger partial charge in [0, 0.05) is 37.4 Å². The zero-order valence-electron chi connectivity index (χ0n) is 9.41. The molecular weight excluding hydrogens is 232 g/mol. The van der Waals surface area contributed by atoms with Crippen molar-refractivity contribution in [2.75, 3.05) is 12.3 Å². The van der Waals surface area contributed by atoms with Gasteiger partial charge in [-0.3, -0.25) is 4.98 Å². The molecule has 0 aliphatic heterocycles. The fourth-order valence-electron chi connectivity index (χ4n) is 1.33. The molecule has 0 bridgehead atoms. The molecule has 2 rings (SSSR count). The van der Waals surface area contributed by atoms with Crippen LogP contribution >= 0.6 is 11.8 Å². The average molecular weight is 246 g/mol. The number of nitrogens with one attached hydrogen (secondary N) is 1. The normalized spacial score (nSPS) is 10.4. The summed E-state index contributed by atoms with van der Waals surface area (Å²) in [5.41, 5.74) is 1.21. The van der Waals surface area contributed by atoms with E-state index >= 15 is 0 Å². The van der Waals surface area contributed by atoms with Crippen LogP contribution < -0.4 is 5.32 Å². The first kappa shape index (κ1) is 12.0. The van der Waals surface area contributed by atoms with Crippen LogP contribution in [0.5, 0.6) is 0 Å². The first-order valence-electron chi connectivity index (χ1n) is 5.43. The highest BCUT2D eigenvalue weighted by atomic mass is 32.2. The highest BCUT2D eigenvalue weighted by Crippen LogP contribution is 2.11. The lowest BCUT2D eigenvalue weighted by atomic mass is 10.3. The second-order valence-electron chi connectivity index (χ2n) is 3.43. The maximum absolute atomic E-state index is 4.15. The largest absolute Gasteiger partial charge is 0.312 e. The standard InChI is InChI=1S/C12H14N4S/c1-2-11(8-13-4-1)9-14-6-7-17-12-3-5-15-10-16-12/h1-5,8,10,14H,6-7,9H2. The summed E-state index contributed by atoms with van der Waals surface area (Å²) in [5.74, 6) is 0.997. The summed E-state index contributed by atoms with van der Waals surface area (Å²) in [6.07, 6.45) is 7.00. The molecule has 0 unspecified atom stereocenters. The molecule has 0 aliphatic carbocycles. The van der Waals surface area contributed by atoms with Crippen LogP contribution in [-0.4, -0.2) is 27.2 Å². The summed E-state index contributed by atoms with van der Waals surface area (Å²) < 4.78 is 0. The maximum Gasteiger partial charge on any atom is 0.116 e. The summed E-state index contributed by atoms with van der Waals surface area (Å²) in [6.45, 7) is 1.81. The summed E-state index contributed by atoms with van der Waals surface area (Å²) in [5, 5.41) is 4.38. The van der Waals surface area contributed by atoms with E-state index in [2.05, 4.69) is 26.3 Å². The molecule has 0 spiro atoms. The monoisotopic (exact) mass is 246 g/mol. The highest BCUT2D eigenvalue weighted by molar-refractivity contribution is 7.99. The van der Waals surface area contributed by atoms with Crippen molar-refractivity contribution < 1.29 is 0 Å². The van der Waals surface area contributed by atoms with Crippen LogP contribution in [0, 0.1) is 0 Å². The number of aromatic nitrogens is 3. The molecule has 0 aromatic carbocycles. The molecule has 17 heavy (non-hydrogen) atoms. The van der Waals surface area contributed by atoms with Gasteiger partial charge in [-0.25, -0.2) is 9.97 Å². The molecule has 5 heteroatoms. The summed E-state index contributed by atoms with van der Waals surface area (Å²) in [4.78, 5) is 12.1. The number of nitrogens with zero attached hydrogens (tertiary/aromatic N) is 3. The van der Waals surface area contributed by atoms with Gasteiger partial charge in [-0.2, -0.15) is 0 Å². The fraction of sp³-hybridized carbons (Fsp3) is 0.250. The number of hydrogen-bond acceptors (Lipinski definition) is 5. The first-order chi connectivity index (χ1) is 8.45. The van der Waals surface area contributed by atoms with E-state index in [-0.39, 0.29) is 0 Å². The van der Waals surface area contributed by atoms with Gasteiger partial charge in [-0.15, -0.1) is 11.8 Å². The molecule has 4 nitrogen and oxygen atoms in total. The van der Waals surface area contributed by atoms with Gasteiger partial charge < -0.3 is 5.32 Å². The molecule has 0 aliphatic rings. The third kappa shape index (κ3) is 4.50. The Morgan fingerprint density at radius 1 is 1.18 bits per heavy atom. The molecule has 2 heterocycles. The van der Waals surface area contributed by atoms with Crippen LogP contribution in [-0.2, 0) is 6.54 Å². The van der Waals surface area contributed by atoms with E-state index in [0.29, 0.717) is 0 Å². The van der Waals surface area contributed by atoms with Gasteiger partial charge in [0.15, 0.2) is 0 Å². The minimum atomic E-state index is 0.859. The quantitative estimate of drug-likeness (QED) is 0.478. The van der Waals surface area contributed by atoms with Crippen LogP contribution in [0.25, 0.3) is 0 Å². The Balaban J connectivity index is 1.61. The van der Waals surface area contributed by atoms with Crippen LogP contribution in [0.3, 0.4) is 0 Å². The first-order valence-corrected chi connectivity index (χ1v) is 6.42. The fourth-order valence-corrected chi connectivity index (χ4v) is 2.06. The smallest absolute Gasteiger partial charge is 0.116 e. The van der Waals surface area contributed by atoms with E-state index < -0.39 is 0 Å². The van der Waals surface area contributed by atoms with E-state index in [0.717, 1.165) is 23.9 Å². The van der Waals surface area contributed by atoms with E-state index in [1.165, 1.54) is 5.56 Å². The molecule has 0 fully saturated rings. The lowest BCUT2D eigenvalue weighted by Gasteiger charge is -2.03. The van der Waals surface area contributed by atoms with Gasteiger partial charge in [0.05, 0.1) is 5.03 Å². The van der Waals surface area contributed by atoms with Crippen molar-refractivity contribution in [3.8, 4) is 0 Å². The Morgan fingerprint density at radius 3 is 2.94 bits per heavy atom. The molecule has 0 saturated carbocycles. The van der Waals surface area contributed by atoms with Gasteiger partial charge in [0.2, 0.25) is 0 Å². The van der Waals surface area contributed by atoms with Crippen molar-refractivity contribution in [1.82, 2.24) is 20.3 Å². The molecule has 0 atom stereocenters. The van der Waals surface area contributed by atoms with Crippen LogP contribution in [0.1, 0.15) is 5.56 Å². The lowest BCUT2D eigenvalue weighted by molar-refractivity contribution is 0.729. The van der Waals surface area contributed by atoms with Gasteiger partial charge in [-0.1, -0.05) is 6.07 Å². The van der Waals surface area contributed by atoms with Gasteiger partial charge in [0.25, 0.3) is 0 Å². The molecule has 0 saturated heterocycles. The van der Waals surface area contributed by atoms with Crippen LogP contribution in [0.2, 0.25) is 0 Å². The van der Waals surface area contributed by atoms with Crippen molar-refractivity contribution >= 4 is 11.8 Å². The number of rotatable bonds is 6. The summed E-state index contributed by atoms with van der Waals surface area (Å²) in [6, 6.07) is 5.94. The topological polar surface area (TPSA) is 50.7 Å². The minimum absolute atomic E-state index is 0.859. The van der Waals surface area contributed by atoms with E-state index in [1.807, 2.05) is 18.3 Å². The average Bonchev–Trinajstić information content (AvgIpc) is 2.41. The Labute approximate surface area is 105 Å². The summed E-state index contributed by atoms with van der Waals surface area (Å²) in [7, 11) is 0. The zero-order chi connectivity index (χ0) is 11.8. The maximum atomic E-state index is 4.15. The lowest BCUT2D eigenvalue weighted by Crippen LogP contribution is -2.16. The molecule has 0 amide bonds. The minimum Gasteiger partial charge on any atom is -0.312 e. The second kappa shape index (κ2) is 6.98. The van der Waals surface area contributed by atoms with Gasteiger partial charge in [0.1, 0.15) is 6.33 Å². The highest BCUT2D eigenvalue weighted by Gasteiger charge is 1.95. The van der Waals surface area contributed by atoms with Crippen molar-refractivity contribution in [3.05, 3.63) is 48.7 Å². The van der Waals surface area contributed by atoms with Gasteiger partial charge in [-0.05, 0) is 17.7 Å². The molecule has 0 radical (unpaired) electrons. The van der Waals surface area contributed by atoms with Crippen LogP contribution in [0.15, 0.2) is 48.1 Å². The predicted molar refractivity (Wildman–Crippen MR) is 68.7 cm³/mol. The Kier molecular flexibility index (Phi) is 4.93. The SMILES string of the molecule is c1cncc(CNCCSc2ccncn2)c1. The second-order valence-corrected chi connectivity index (χ2v) is 4.55. The number of pyridine rings is 1. The molecular formula is C12H14N4S. The van der Waals surface area contributed by atoms with Crippen LogP contribution in [0.4, 0.5) is 0 Å². The Hall–Kier alpha value is -1.46. The van der Waals surface area contributed by atoms with Gasteiger partial charge >= 0.3 is 0 Å². The van der Waals surface area contributed by atoms with E-state index in [1.54, 1.807) is 30.5 Å². The third-order valence-electron chi connectivity index (χ3n) is 2.14. The zero-order valence-corrected chi connectivity index (χ0v) is 10.2. The Morgan fingerprint density at radius 2 is 2.18 bits per heavy atom.